The number of likely N-dealkylation sites (tertiary alicyclic amines) is 1. The molecule has 0 aliphatic carbocycles. The quantitative estimate of drug-likeness (QED) is 0.464. The lowest BCUT2D eigenvalue weighted by Crippen LogP contribution is -2.34. The van der Waals surface area contributed by atoms with Crippen LogP contribution in [0.4, 0.5) is 5.69 Å². The standard InChI is InChI=1S/C24H29N3O3S/c1-2-3-8-16-30-21-13-5-4-12-20(21)22(28)26-24(31)25-19-11-9-10-18(17-19)23(29)27-14-6-7-15-27/h4-5,9-13,17H,2-3,6-8,14-16H2,1H3,(H2,25,26,28,31). The predicted octanol–water partition coefficient (Wildman–Crippen LogP) is 4.62. The van der Waals surface area contributed by atoms with Crippen LogP contribution in [-0.2, 0) is 0 Å². The maximum atomic E-state index is 12.7. The van der Waals surface area contributed by atoms with E-state index in [1.165, 1.54) is 0 Å². The topological polar surface area (TPSA) is 70.7 Å². The van der Waals surface area contributed by atoms with E-state index in [9.17, 15) is 9.59 Å². The van der Waals surface area contributed by atoms with Crippen LogP contribution >= 0.6 is 12.2 Å². The summed E-state index contributed by atoms with van der Waals surface area (Å²) in [4.78, 5) is 27.2. The number of thiocarbonyl (C=S) groups is 1. The molecule has 7 heteroatoms. The van der Waals surface area contributed by atoms with E-state index in [1.807, 2.05) is 17.0 Å². The first-order chi connectivity index (χ1) is 15.1. The Morgan fingerprint density at radius 2 is 1.84 bits per heavy atom. The highest BCUT2D eigenvalue weighted by Gasteiger charge is 2.20. The maximum Gasteiger partial charge on any atom is 0.261 e. The number of carbonyl (C=O) groups is 2. The highest BCUT2D eigenvalue weighted by atomic mass is 32.1. The van der Waals surface area contributed by atoms with Crippen molar-refractivity contribution in [1.82, 2.24) is 10.2 Å². The molecule has 2 aromatic carbocycles. The van der Waals surface area contributed by atoms with Gasteiger partial charge in [-0.05, 0) is 61.8 Å². The van der Waals surface area contributed by atoms with Gasteiger partial charge in [0.05, 0.1) is 12.2 Å². The van der Waals surface area contributed by atoms with Gasteiger partial charge in [-0.15, -0.1) is 0 Å². The Hall–Kier alpha value is -2.93. The zero-order chi connectivity index (χ0) is 22.1. The summed E-state index contributed by atoms with van der Waals surface area (Å²) >= 11 is 5.31. The van der Waals surface area contributed by atoms with Gasteiger partial charge in [0, 0.05) is 24.3 Å². The number of carbonyl (C=O) groups excluding carboxylic acids is 2. The van der Waals surface area contributed by atoms with Gasteiger partial charge >= 0.3 is 0 Å². The summed E-state index contributed by atoms with van der Waals surface area (Å²) in [5, 5.41) is 5.86. The molecule has 0 saturated carbocycles. The molecule has 0 spiro atoms. The number of unbranched alkanes of at least 4 members (excludes halogenated alkanes) is 2. The molecule has 31 heavy (non-hydrogen) atoms. The minimum Gasteiger partial charge on any atom is -0.493 e. The molecule has 0 aromatic heterocycles. The van der Waals surface area contributed by atoms with E-state index in [-0.39, 0.29) is 16.9 Å². The van der Waals surface area contributed by atoms with E-state index >= 15 is 0 Å². The van der Waals surface area contributed by atoms with Crippen molar-refractivity contribution in [3.8, 4) is 5.75 Å². The van der Waals surface area contributed by atoms with Crippen LogP contribution in [-0.4, -0.2) is 41.5 Å². The predicted molar refractivity (Wildman–Crippen MR) is 127 cm³/mol. The molecule has 0 atom stereocenters. The molecule has 3 rings (SSSR count). The number of nitrogens with one attached hydrogen (secondary N) is 2. The van der Waals surface area contributed by atoms with E-state index in [0.717, 1.165) is 45.2 Å². The maximum absolute atomic E-state index is 12.7. The van der Waals surface area contributed by atoms with Gasteiger partial charge in [-0.3, -0.25) is 14.9 Å². The van der Waals surface area contributed by atoms with Crippen LogP contribution in [0.1, 0.15) is 59.7 Å². The van der Waals surface area contributed by atoms with E-state index in [1.54, 1.807) is 36.4 Å². The van der Waals surface area contributed by atoms with Crippen LogP contribution in [0.5, 0.6) is 5.75 Å². The van der Waals surface area contributed by atoms with Gasteiger partial charge in [0.1, 0.15) is 5.75 Å². The summed E-state index contributed by atoms with van der Waals surface area (Å²) in [6, 6.07) is 14.3. The molecule has 1 saturated heterocycles. The lowest BCUT2D eigenvalue weighted by atomic mass is 10.1. The Bertz CT molecular complexity index is 926. The summed E-state index contributed by atoms with van der Waals surface area (Å²) in [5.74, 6) is 0.218. The molecule has 1 heterocycles. The molecule has 0 unspecified atom stereocenters. The van der Waals surface area contributed by atoms with Crippen molar-refractivity contribution in [3.05, 3.63) is 59.7 Å². The van der Waals surface area contributed by atoms with E-state index in [4.69, 9.17) is 17.0 Å². The highest BCUT2D eigenvalue weighted by molar-refractivity contribution is 7.80. The monoisotopic (exact) mass is 439 g/mol. The fourth-order valence-electron chi connectivity index (χ4n) is 3.48. The Labute approximate surface area is 189 Å². The summed E-state index contributed by atoms with van der Waals surface area (Å²) in [7, 11) is 0. The fourth-order valence-corrected chi connectivity index (χ4v) is 3.69. The zero-order valence-corrected chi connectivity index (χ0v) is 18.7. The molecule has 2 aromatic rings. The number of hydrogen-bond acceptors (Lipinski definition) is 4. The smallest absolute Gasteiger partial charge is 0.261 e. The van der Waals surface area contributed by atoms with Gasteiger partial charge in [0.25, 0.3) is 11.8 Å². The lowest BCUT2D eigenvalue weighted by Gasteiger charge is -2.16. The normalized spacial score (nSPS) is 13.0. The van der Waals surface area contributed by atoms with Crippen LogP contribution in [0.2, 0.25) is 0 Å². The fraction of sp³-hybridized carbons (Fsp3) is 0.375. The van der Waals surface area contributed by atoms with Crippen molar-refractivity contribution < 1.29 is 14.3 Å². The summed E-state index contributed by atoms with van der Waals surface area (Å²) < 4.78 is 5.78. The van der Waals surface area contributed by atoms with Crippen molar-refractivity contribution in [3.63, 3.8) is 0 Å². The Morgan fingerprint density at radius 3 is 2.61 bits per heavy atom. The average molecular weight is 440 g/mol. The van der Waals surface area contributed by atoms with Gasteiger partial charge in [0.15, 0.2) is 5.11 Å². The van der Waals surface area contributed by atoms with Crippen LogP contribution in [0.25, 0.3) is 0 Å². The Morgan fingerprint density at radius 1 is 1.06 bits per heavy atom. The van der Waals surface area contributed by atoms with Crippen molar-refractivity contribution in [1.29, 1.82) is 0 Å². The molecule has 2 amide bonds. The third kappa shape index (κ3) is 6.52. The number of hydrogen-bond donors (Lipinski definition) is 2. The molecular weight excluding hydrogens is 410 g/mol. The van der Waals surface area contributed by atoms with Crippen molar-refractivity contribution in [2.75, 3.05) is 25.0 Å². The van der Waals surface area contributed by atoms with E-state index in [0.29, 0.717) is 29.2 Å². The van der Waals surface area contributed by atoms with Crippen LogP contribution in [0.15, 0.2) is 48.5 Å². The number of amides is 2. The average Bonchev–Trinajstić information content (AvgIpc) is 3.31. The summed E-state index contributed by atoms with van der Waals surface area (Å²) in [6.07, 6.45) is 5.23. The number of nitrogens with zero attached hydrogens (tertiary/aromatic N) is 1. The van der Waals surface area contributed by atoms with Gasteiger partial charge < -0.3 is 15.0 Å². The minimum atomic E-state index is -0.340. The van der Waals surface area contributed by atoms with Crippen LogP contribution < -0.4 is 15.4 Å². The first-order valence-electron chi connectivity index (χ1n) is 10.8. The largest absolute Gasteiger partial charge is 0.493 e. The third-order valence-corrected chi connectivity index (χ3v) is 5.33. The molecule has 0 radical (unpaired) electrons. The SMILES string of the molecule is CCCCCOc1ccccc1C(=O)NC(=S)Nc1cccc(C(=O)N2CCCC2)c1. The van der Waals surface area contributed by atoms with Gasteiger partial charge in [-0.25, -0.2) is 0 Å². The molecule has 1 aliphatic heterocycles. The minimum absolute atomic E-state index is 0.0188. The number of benzene rings is 2. The molecule has 2 N–H and O–H groups in total. The number of ether oxygens (including phenoxy) is 1. The number of rotatable bonds is 8. The van der Waals surface area contributed by atoms with Gasteiger partial charge in [0.2, 0.25) is 0 Å². The summed E-state index contributed by atoms with van der Waals surface area (Å²) in [5.41, 5.74) is 1.69. The molecule has 164 valence electrons. The first kappa shape index (κ1) is 22.7. The Kier molecular flexibility index (Phi) is 8.41. The van der Waals surface area contributed by atoms with Crippen LogP contribution in [0, 0.1) is 0 Å². The van der Waals surface area contributed by atoms with Crippen molar-refractivity contribution >= 4 is 34.8 Å². The van der Waals surface area contributed by atoms with Gasteiger partial charge in [-0.2, -0.15) is 0 Å². The molecule has 6 nitrogen and oxygen atoms in total. The first-order valence-corrected chi connectivity index (χ1v) is 11.2. The van der Waals surface area contributed by atoms with E-state index < -0.39 is 0 Å². The Balaban J connectivity index is 1.59. The summed E-state index contributed by atoms with van der Waals surface area (Å²) in [6.45, 7) is 4.29. The highest BCUT2D eigenvalue weighted by Crippen LogP contribution is 2.19. The van der Waals surface area contributed by atoms with Crippen molar-refractivity contribution in [2.45, 2.75) is 39.0 Å². The third-order valence-electron chi connectivity index (χ3n) is 5.12. The number of para-hydroxylation sites is 1. The molecule has 0 bridgehead atoms. The molecule has 1 aliphatic rings. The lowest BCUT2D eigenvalue weighted by molar-refractivity contribution is 0.0792. The molecular formula is C24H29N3O3S. The second-order valence-electron chi connectivity index (χ2n) is 7.54. The second kappa shape index (κ2) is 11.5. The van der Waals surface area contributed by atoms with Gasteiger partial charge in [-0.1, -0.05) is 38.0 Å². The van der Waals surface area contributed by atoms with E-state index in [2.05, 4.69) is 17.6 Å². The zero-order valence-electron chi connectivity index (χ0n) is 17.9. The molecule has 1 fully saturated rings. The second-order valence-corrected chi connectivity index (χ2v) is 7.95. The number of anilines is 1. The van der Waals surface area contributed by atoms with Crippen LogP contribution in [0.3, 0.4) is 0 Å². The van der Waals surface area contributed by atoms with Crippen molar-refractivity contribution in [2.24, 2.45) is 0 Å².